The third-order valence-electron chi connectivity index (χ3n) is 7.45. The number of carboxylic acid groups (broad SMARTS) is 1. The van der Waals surface area contributed by atoms with Gasteiger partial charge in [-0.25, -0.2) is 4.79 Å². The Bertz CT molecular complexity index is 1730. The standard InChI is InChI=1S/C38H35N3O5/c42-36(30-13-5-2-6-14-30)33-16-7-8-17-34(33)40-35(38(44)45)25-28-18-20-32(21-19-28)46-24-10-23-41(27-29-11-3-1-4-12-29)37(43)31-15-9-22-39-26-31/h1-9,11-22,26,35,40H,10,23-25,27H2,(H,44,45)/t35-/m0/s1. The van der Waals surface area contributed by atoms with Crippen LogP contribution in [0, 0.1) is 0 Å². The van der Waals surface area contributed by atoms with Crippen LogP contribution in [0.1, 0.15) is 43.8 Å². The second kappa shape index (κ2) is 15.8. The third kappa shape index (κ3) is 8.66. The second-order valence-corrected chi connectivity index (χ2v) is 10.8. The molecule has 0 fully saturated rings. The van der Waals surface area contributed by atoms with Gasteiger partial charge in [0.15, 0.2) is 5.78 Å². The lowest BCUT2D eigenvalue weighted by atomic mass is 10.00. The summed E-state index contributed by atoms with van der Waals surface area (Å²) < 4.78 is 5.96. The van der Waals surface area contributed by atoms with Crippen LogP contribution in [-0.4, -0.2) is 51.8 Å². The highest BCUT2D eigenvalue weighted by Crippen LogP contribution is 2.22. The van der Waals surface area contributed by atoms with Gasteiger partial charge in [-0.3, -0.25) is 14.6 Å². The van der Waals surface area contributed by atoms with Gasteiger partial charge in [-0.1, -0.05) is 84.9 Å². The first-order valence-corrected chi connectivity index (χ1v) is 15.1. The summed E-state index contributed by atoms with van der Waals surface area (Å²) in [5, 5.41) is 13.1. The fourth-order valence-electron chi connectivity index (χ4n) is 5.07. The lowest BCUT2D eigenvalue weighted by molar-refractivity contribution is -0.137. The number of para-hydroxylation sites is 1. The van der Waals surface area contributed by atoms with Gasteiger partial charge in [-0.15, -0.1) is 0 Å². The number of pyridine rings is 1. The Labute approximate surface area is 268 Å². The largest absolute Gasteiger partial charge is 0.494 e. The molecule has 0 saturated carbocycles. The van der Waals surface area contributed by atoms with Gasteiger partial charge >= 0.3 is 5.97 Å². The molecule has 1 amide bonds. The van der Waals surface area contributed by atoms with E-state index in [9.17, 15) is 19.5 Å². The number of benzene rings is 4. The van der Waals surface area contributed by atoms with Gasteiger partial charge in [0.25, 0.3) is 5.91 Å². The molecule has 8 heteroatoms. The van der Waals surface area contributed by atoms with Gasteiger partial charge in [0.1, 0.15) is 11.8 Å². The molecule has 0 saturated heterocycles. The molecule has 2 N–H and O–H groups in total. The topological polar surface area (TPSA) is 109 Å². The molecule has 46 heavy (non-hydrogen) atoms. The molecule has 0 radical (unpaired) electrons. The molecule has 0 aliphatic heterocycles. The number of ether oxygens (including phenoxy) is 1. The smallest absolute Gasteiger partial charge is 0.326 e. The van der Waals surface area contributed by atoms with E-state index in [1.54, 1.807) is 78.0 Å². The van der Waals surface area contributed by atoms with Crippen molar-refractivity contribution < 1.29 is 24.2 Å². The lowest BCUT2D eigenvalue weighted by Crippen LogP contribution is -2.32. The highest BCUT2D eigenvalue weighted by atomic mass is 16.5. The van der Waals surface area contributed by atoms with Crippen LogP contribution in [0.4, 0.5) is 5.69 Å². The summed E-state index contributed by atoms with van der Waals surface area (Å²) >= 11 is 0. The molecule has 0 bridgehead atoms. The fourth-order valence-corrected chi connectivity index (χ4v) is 5.07. The first kappa shape index (κ1) is 31.7. The minimum Gasteiger partial charge on any atom is -0.494 e. The van der Waals surface area contributed by atoms with E-state index in [1.807, 2.05) is 60.7 Å². The van der Waals surface area contributed by atoms with Crippen LogP contribution in [0.3, 0.4) is 0 Å². The zero-order valence-corrected chi connectivity index (χ0v) is 25.3. The SMILES string of the molecule is O=C(c1ccccc1)c1ccccc1N[C@@H](Cc1ccc(OCCCN(Cc2ccccc2)C(=O)c2cccnc2)cc1)C(=O)O. The molecule has 0 aliphatic rings. The number of aliphatic carboxylic acids is 1. The van der Waals surface area contributed by atoms with Crippen molar-refractivity contribution in [1.29, 1.82) is 0 Å². The Morgan fingerprint density at radius 1 is 0.761 bits per heavy atom. The highest BCUT2D eigenvalue weighted by Gasteiger charge is 2.21. The van der Waals surface area contributed by atoms with Crippen LogP contribution in [0.15, 0.2) is 134 Å². The number of nitrogens with zero attached hydrogens (tertiary/aromatic N) is 2. The zero-order valence-electron chi connectivity index (χ0n) is 25.3. The predicted molar refractivity (Wildman–Crippen MR) is 177 cm³/mol. The van der Waals surface area contributed by atoms with Crippen LogP contribution in [0.2, 0.25) is 0 Å². The summed E-state index contributed by atoms with van der Waals surface area (Å²) in [5.74, 6) is -0.646. The predicted octanol–water partition coefficient (Wildman–Crippen LogP) is 6.53. The molecule has 0 unspecified atom stereocenters. The number of hydrogen-bond acceptors (Lipinski definition) is 6. The number of carboxylic acids is 1. The molecule has 8 nitrogen and oxygen atoms in total. The molecule has 1 heterocycles. The van der Waals surface area contributed by atoms with Crippen molar-refractivity contribution in [1.82, 2.24) is 9.88 Å². The highest BCUT2D eigenvalue weighted by molar-refractivity contribution is 6.12. The molecular formula is C38H35N3O5. The molecule has 0 aliphatic carbocycles. The average molecular weight is 614 g/mol. The number of nitrogens with one attached hydrogen (secondary N) is 1. The summed E-state index contributed by atoms with van der Waals surface area (Å²) in [4.78, 5) is 44.4. The van der Waals surface area contributed by atoms with Crippen LogP contribution in [0.25, 0.3) is 0 Å². The number of amides is 1. The van der Waals surface area contributed by atoms with Crippen LogP contribution in [-0.2, 0) is 17.8 Å². The van der Waals surface area contributed by atoms with Gasteiger partial charge in [0.2, 0.25) is 0 Å². The summed E-state index contributed by atoms with van der Waals surface area (Å²) in [7, 11) is 0. The van der Waals surface area contributed by atoms with Crippen LogP contribution in [0.5, 0.6) is 5.75 Å². The maximum Gasteiger partial charge on any atom is 0.326 e. The number of carbonyl (C=O) groups is 3. The number of aromatic nitrogens is 1. The van der Waals surface area contributed by atoms with E-state index in [1.165, 1.54) is 0 Å². The third-order valence-corrected chi connectivity index (χ3v) is 7.45. The minimum absolute atomic E-state index is 0.0880. The Morgan fingerprint density at radius 2 is 1.43 bits per heavy atom. The van der Waals surface area contributed by atoms with Crippen LogP contribution >= 0.6 is 0 Å². The van der Waals surface area contributed by atoms with Crippen LogP contribution < -0.4 is 10.1 Å². The van der Waals surface area contributed by atoms with Gasteiger partial charge < -0.3 is 20.1 Å². The number of carbonyl (C=O) groups excluding carboxylic acids is 2. The van der Waals surface area contributed by atoms with E-state index in [2.05, 4.69) is 10.3 Å². The number of ketones is 1. The Morgan fingerprint density at radius 3 is 2.13 bits per heavy atom. The van der Waals surface area contributed by atoms with Crippen molar-refractivity contribution in [2.75, 3.05) is 18.5 Å². The van der Waals surface area contributed by atoms with E-state index < -0.39 is 12.0 Å². The summed E-state index contributed by atoms with van der Waals surface area (Å²) in [5.41, 5.74) is 3.78. The number of hydrogen-bond donors (Lipinski definition) is 2. The fraction of sp³-hybridized carbons (Fsp3) is 0.158. The molecular weight excluding hydrogens is 578 g/mol. The van der Waals surface area contributed by atoms with Gasteiger partial charge in [0, 0.05) is 48.7 Å². The Balaban J connectivity index is 1.17. The van der Waals surface area contributed by atoms with E-state index in [-0.39, 0.29) is 18.1 Å². The first-order chi connectivity index (χ1) is 22.5. The van der Waals surface area contributed by atoms with Crippen molar-refractivity contribution in [3.8, 4) is 5.75 Å². The van der Waals surface area contributed by atoms with Gasteiger partial charge in [-0.05, 0) is 53.9 Å². The normalized spacial score (nSPS) is 11.3. The molecule has 1 atom stereocenters. The summed E-state index contributed by atoms with van der Waals surface area (Å²) in [6.07, 6.45) is 4.04. The summed E-state index contributed by atoms with van der Waals surface area (Å²) in [6, 6.07) is 35.5. The van der Waals surface area contributed by atoms with E-state index >= 15 is 0 Å². The molecule has 5 aromatic rings. The summed E-state index contributed by atoms with van der Waals surface area (Å²) in [6.45, 7) is 1.38. The molecule has 1 aromatic heterocycles. The quantitative estimate of drug-likeness (QED) is 0.102. The average Bonchev–Trinajstić information content (AvgIpc) is 3.10. The van der Waals surface area contributed by atoms with Crippen molar-refractivity contribution in [2.45, 2.75) is 25.4 Å². The van der Waals surface area contributed by atoms with Gasteiger partial charge in [-0.2, -0.15) is 0 Å². The monoisotopic (exact) mass is 613 g/mol. The maximum absolute atomic E-state index is 13.2. The minimum atomic E-state index is -1.02. The van der Waals surface area contributed by atoms with Crippen molar-refractivity contribution in [3.05, 3.63) is 162 Å². The van der Waals surface area contributed by atoms with Crippen molar-refractivity contribution in [3.63, 3.8) is 0 Å². The Hall–Kier alpha value is -5.76. The van der Waals surface area contributed by atoms with E-state index in [4.69, 9.17) is 4.74 Å². The zero-order chi connectivity index (χ0) is 32.1. The van der Waals surface area contributed by atoms with Crippen molar-refractivity contribution >= 4 is 23.3 Å². The lowest BCUT2D eigenvalue weighted by Gasteiger charge is -2.23. The molecule has 5 rings (SSSR count). The van der Waals surface area contributed by atoms with E-state index in [0.29, 0.717) is 54.2 Å². The number of anilines is 1. The number of rotatable bonds is 15. The molecule has 0 spiro atoms. The molecule has 232 valence electrons. The molecule has 4 aromatic carbocycles. The van der Waals surface area contributed by atoms with Crippen molar-refractivity contribution in [2.24, 2.45) is 0 Å². The second-order valence-electron chi connectivity index (χ2n) is 10.8. The maximum atomic E-state index is 13.2. The Kier molecular flexibility index (Phi) is 10.9. The van der Waals surface area contributed by atoms with E-state index in [0.717, 1.165) is 11.1 Å². The first-order valence-electron chi connectivity index (χ1n) is 15.1. The van der Waals surface area contributed by atoms with Gasteiger partial charge in [0.05, 0.1) is 12.2 Å².